The van der Waals surface area contributed by atoms with Crippen LogP contribution in [0.3, 0.4) is 0 Å². The first-order chi connectivity index (χ1) is 14.6. The number of aromatic nitrogens is 2. The van der Waals surface area contributed by atoms with Gasteiger partial charge in [-0.25, -0.2) is 9.97 Å². The molecular weight excluding hydrogens is 378 g/mol. The molecule has 1 fully saturated rings. The van der Waals surface area contributed by atoms with Crippen molar-refractivity contribution in [3.8, 4) is 5.75 Å². The quantitative estimate of drug-likeness (QED) is 0.818. The number of ether oxygens (including phenoxy) is 1. The summed E-state index contributed by atoms with van der Waals surface area (Å²) in [6.45, 7) is 3.40. The Kier molecular flexibility index (Phi) is 6.18. The first-order valence-electron chi connectivity index (χ1n) is 10.7. The molecule has 0 saturated carbocycles. The SMILES string of the molecule is CNc1nc(C2CCN(C)CC2)nc2c1CCN(C(=O)Cc1cccc(OC)c1)C2. The molecule has 2 aromatic rings. The van der Waals surface area contributed by atoms with Crippen molar-refractivity contribution >= 4 is 11.7 Å². The van der Waals surface area contributed by atoms with E-state index in [1.165, 1.54) is 0 Å². The molecule has 1 aromatic heterocycles. The zero-order valence-electron chi connectivity index (χ0n) is 18.1. The smallest absolute Gasteiger partial charge is 0.227 e. The van der Waals surface area contributed by atoms with Crippen molar-refractivity contribution in [3.63, 3.8) is 0 Å². The Bertz CT molecular complexity index is 908. The summed E-state index contributed by atoms with van der Waals surface area (Å²) in [5.74, 6) is 3.14. The second-order valence-corrected chi connectivity index (χ2v) is 8.28. The highest BCUT2D eigenvalue weighted by Crippen LogP contribution is 2.30. The fourth-order valence-electron chi connectivity index (χ4n) is 4.39. The van der Waals surface area contributed by atoms with E-state index in [0.717, 1.165) is 66.6 Å². The molecule has 30 heavy (non-hydrogen) atoms. The third-order valence-electron chi connectivity index (χ3n) is 6.25. The normalized spacial score (nSPS) is 17.5. The van der Waals surface area contributed by atoms with Gasteiger partial charge in [0.05, 0.1) is 25.8 Å². The second kappa shape index (κ2) is 9.00. The topological polar surface area (TPSA) is 70.6 Å². The highest BCUT2D eigenvalue weighted by Gasteiger charge is 2.28. The van der Waals surface area contributed by atoms with Crippen molar-refractivity contribution in [2.24, 2.45) is 0 Å². The zero-order valence-corrected chi connectivity index (χ0v) is 18.1. The zero-order chi connectivity index (χ0) is 21.1. The van der Waals surface area contributed by atoms with Crippen LogP contribution in [0.1, 0.15) is 41.4 Å². The predicted molar refractivity (Wildman–Crippen MR) is 117 cm³/mol. The Hall–Kier alpha value is -2.67. The lowest BCUT2D eigenvalue weighted by Gasteiger charge is -2.32. The number of nitrogens with zero attached hydrogens (tertiary/aromatic N) is 4. The summed E-state index contributed by atoms with van der Waals surface area (Å²) in [6, 6.07) is 7.71. The van der Waals surface area contributed by atoms with E-state index >= 15 is 0 Å². The number of nitrogens with one attached hydrogen (secondary N) is 1. The monoisotopic (exact) mass is 409 g/mol. The third kappa shape index (κ3) is 4.41. The maximum atomic E-state index is 13.0. The molecule has 7 heteroatoms. The standard InChI is InChI=1S/C23H31N5O2/c1-24-23-19-9-12-28(21(29)14-16-5-4-6-18(13-16)30-3)15-20(19)25-22(26-23)17-7-10-27(2)11-8-17/h4-6,13,17H,7-12,14-15H2,1-3H3,(H,24,25,26). The van der Waals surface area contributed by atoms with Gasteiger partial charge < -0.3 is 19.9 Å². The van der Waals surface area contributed by atoms with Crippen molar-refractivity contribution in [1.29, 1.82) is 0 Å². The van der Waals surface area contributed by atoms with Gasteiger partial charge in [-0.05, 0) is 57.1 Å². The second-order valence-electron chi connectivity index (χ2n) is 8.28. The van der Waals surface area contributed by atoms with Gasteiger partial charge in [0.15, 0.2) is 0 Å². The molecule has 2 aliphatic rings. The van der Waals surface area contributed by atoms with Crippen molar-refractivity contribution in [2.75, 3.05) is 46.2 Å². The van der Waals surface area contributed by atoms with Crippen molar-refractivity contribution in [1.82, 2.24) is 19.8 Å². The Labute approximate surface area is 178 Å². The Morgan fingerprint density at radius 3 is 2.77 bits per heavy atom. The highest BCUT2D eigenvalue weighted by atomic mass is 16.5. The van der Waals surface area contributed by atoms with Gasteiger partial charge in [-0.1, -0.05) is 12.1 Å². The van der Waals surface area contributed by atoms with Gasteiger partial charge >= 0.3 is 0 Å². The first-order valence-corrected chi connectivity index (χ1v) is 10.7. The largest absolute Gasteiger partial charge is 0.497 e. The van der Waals surface area contributed by atoms with E-state index in [-0.39, 0.29) is 5.91 Å². The number of rotatable bonds is 5. The van der Waals surface area contributed by atoms with Gasteiger partial charge in [0, 0.05) is 25.1 Å². The minimum atomic E-state index is 0.124. The summed E-state index contributed by atoms with van der Waals surface area (Å²) in [6.07, 6.45) is 3.31. The predicted octanol–water partition coefficient (Wildman–Crippen LogP) is 2.46. The van der Waals surface area contributed by atoms with E-state index in [4.69, 9.17) is 14.7 Å². The van der Waals surface area contributed by atoms with E-state index in [1.807, 2.05) is 36.2 Å². The fourth-order valence-corrected chi connectivity index (χ4v) is 4.39. The summed E-state index contributed by atoms with van der Waals surface area (Å²) in [5.41, 5.74) is 3.11. The van der Waals surface area contributed by atoms with Gasteiger partial charge in [0.25, 0.3) is 0 Å². The van der Waals surface area contributed by atoms with Gasteiger partial charge in [0.2, 0.25) is 5.91 Å². The van der Waals surface area contributed by atoms with Crippen LogP contribution in [0.15, 0.2) is 24.3 Å². The number of fused-ring (bicyclic) bond motifs is 1. The number of benzene rings is 1. The molecule has 2 aliphatic heterocycles. The van der Waals surface area contributed by atoms with Gasteiger partial charge in [-0.2, -0.15) is 0 Å². The lowest BCUT2D eigenvalue weighted by atomic mass is 9.95. The molecule has 0 atom stereocenters. The van der Waals surface area contributed by atoms with Crippen LogP contribution in [0.2, 0.25) is 0 Å². The van der Waals surface area contributed by atoms with Crippen LogP contribution in [0.25, 0.3) is 0 Å². The summed E-state index contributed by atoms with van der Waals surface area (Å²) >= 11 is 0. The Morgan fingerprint density at radius 2 is 2.03 bits per heavy atom. The molecule has 0 spiro atoms. The van der Waals surface area contributed by atoms with Crippen LogP contribution in [-0.4, -0.2) is 66.5 Å². The minimum absolute atomic E-state index is 0.124. The number of methoxy groups -OCH3 is 1. The maximum Gasteiger partial charge on any atom is 0.227 e. The summed E-state index contributed by atoms with van der Waals surface area (Å²) in [4.78, 5) is 27.1. The van der Waals surface area contributed by atoms with Crippen LogP contribution >= 0.6 is 0 Å². The number of piperidine rings is 1. The molecule has 1 saturated heterocycles. The molecule has 0 aliphatic carbocycles. The van der Waals surface area contributed by atoms with E-state index in [0.29, 0.717) is 25.4 Å². The number of anilines is 1. The molecule has 0 unspecified atom stereocenters. The Morgan fingerprint density at radius 1 is 1.23 bits per heavy atom. The van der Waals surface area contributed by atoms with Crippen molar-refractivity contribution < 1.29 is 9.53 Å². The fraction of sp³-hybridized carbons (Fsp3) is 0.522. The van der Waals surface area contributed by atoms with Crippen LogP contribution in [0, 0.1) is 0 Å². The summed E-state index contributed by atoms with van der Waals surface area (Å²) < 4.78 is 5.28. The molecule has 4 rings (SSSR count). The van der Waals surface area contributed by atoms with Crippen LogP contribution in [-0.2, 0) is 24.2 Å². The minimum Gasteiger partial charge on any atom is -0.497 e. The number of carbonyl (C=O) groups is 1. The molecule has 0 radical (unpaired) electrons. The first kappa shape index (κ1) is 20.6. The highest BCUT2D eigenvalue weighted by molar-refractivity contribution is 5.79. The number of amides is 1. The van der Waals surface area contributed by atoms with E-state index in [2.05, 4.69) is 17.3 Å². The molecule has 1 N–H and O–H groups in total. The number of hydrogen-bond acceptors (Lipinski definition) is 6. The van der Waals surface area contributed by atoms with Crippen molar-refractivity contribution in [3.05, 3.63) is 46.9 Å². The number of carbonyl (C=O) groups excluding carboxylic acids is 1. The Balaban J connectivity index is 1.51. The molecule has 1 amide bonds. The van der Waals surface area contributed by atoms with Gasteiger partial charge in [0.1, 0.15) is 17.4 Å². The molecule has 1 aromatic carbocycles. The van der Waals surface area contributed by atoms with E-state index in [9.17, 15) is 4.79 Å². The van der Waals surface area contributed by atoms with E-state index in [1.54, 1.807) is 7.11 Å². The van der Waals surface area contributed by atoms with Crippen LogP contribution in [0.4, 0.5) is 5.82 Å². The lowest BCUT2D eigenvalue weighted by molar-refractivity contribution is -0.131. The number of likely N-dealkylation sites (tertiary alicyclic amines) is 1. The van der Waals surface area contributed by atoms with E-state index < -0.39 is 0 Å². The molecular formula is C23H31N5O2. The van der Waals surface area contributed by atoms with Crippen LogP contribution < -0.4 is 10.1 Å². The van der Waals surface area contributed by atoms with Crippen molar-refractivity contribution in [2.45, 2.75) is 38.1 Å². The average Bonchev–Trinajstić information content (AvgIpc) is 2.78. The van der Waals surface area contributed by atoms with Gasteiger partial charge in [-0.15, -0.1) is 0 Å². The third-order valence-corrected chi connectivity index (χ3v) is 6.25. The van der Waals surface area contributed by atoms with Crippen LogP contribution in [0.5, 0.6) is 5.75 Å². The molecule has 3 heterocycles. The summed E-state index contributed by atoms with van der Waals surface area (Å²) in [5, 5.41) is 3.26. The maximum absolute atomic E-state index is 13.0. The molecule has 0 bridgehead atoms. The molecule has 7 nitrogen and oxygen atoms in total. The summed E-state index contributed by atoms with van der Waals surface area (Å²) in [7, 11) is 5.72. The van der Waals surface area contributed by atoms with Gasteiger partial charge in [-0.3, -0.25) is 4.79 Å². The average molecular weight is 410 g/mol. The lowest BCUT2D eigenvalue weighted by Crippen LogP contribution is -2.38. The number of hydrogen-bond donors (Lipinski definition) is 1. The molecule has 160 valence electrons.